The highest BCUT2D eigenvalue weighted by molar-refractivity contribution is 5.94. The van der Waals surface area contributed by atoms with E-state index in [-0.39, 0.29) is 24.6 Å². The first-order valence-electron chi connectivity index (χ1n) is 14.3. The number of aliphatic imine (C=N–C) groups is 1. The molecule has 0 aromatic heterocycles. The third-order valence-corrected chi connectivity index (χ3v) is 7.30. The Bertz CT molecular complexity index is 1200. The Hall–Kier alpha value is -3.58. The molecule has 1 saturated heterocycles. The second-order valence-electron chi connectivity index (χ2n) is 10.6. The van der Waals surface area contributed by atoms with Crippen molar-refractivity contribution in [2.45, 2.75) is 52.6 Å². The van der Waals surface area contributed by atoms with Gasteiger partial charge < -0.3 is 26.0 Å². The van der Waals surface area contributed by atoms with E-state index in [1.54, 1.807) is 6.07 Å². The van der Waals surface area contributed by atoms with Crippen LogP contribution in [0.3, 0.4) is 0 Å². The Kier molecular flexibility index (Phi) is 9.82. The maximum atomic E-state index is 12.7. The Morgan fingerprint density at radius 1 is 1.10 bits per heavy atom. The van der Waals surface area contributed by atoms with Crippen LogP contribution in [0.15, 0.2) is 88.5 Å². The molecule has 1 aromatic rings. The molecule has 4 aliphatic rings. The van der Waals surface area contributed by atoms with Crippen molar-refractivity contribution in [2.75, 3.05) is 26.2 Å². The van der Waals surface area contributed by atoms with Gasteiger partial charge in [0.25, 0.3) is 5.91 Å². The molecule has 208 valence electrons. The van der Waals surface area contributed by atoms with Crippen molar-refractivity contribution in [2.24, 2.45) is 16.8 Å². The zero-order chi connectivity index (χ0) is 27.8. The SMILES string of the molecule is CC.CC1CC(C)CN(C2=CC=CC(C3=CC=C4C=NC(CNC(=O)c5cccc(CCO)c5)=CC4N3)N2)C1. The molecule has 4 N–H and O–H groups in total. The normalized spacial score (nSPS) is 25.4. The lowest BCUT2D eigenvalue weighted by Crippen LogP contribution is -2.48. The van der Waals surface area contributed by atoms with Crippen molar-refractivity contribution >= 4 is 12.1 Å². The average Bonchev–Trinajstić information content (AvgIpc) is 2.96. The van der Waals surface area contributed by atoms with Crippen molar-refractivity contribution in [3.63, 3.8) is 0 Å². The topological polar surface area (TPSA) is 89.0 Å². The number of benzene rings is 1. The summed E-state index contributed by atoms with van der Waals surface area (Å²) in [5.74, 6) is 2.44. The van der Waals surface area contributed by atoms with E-state index in [1.807, 2.05) is 38.3 Å². The number of carbonyl (C=O) groups excluding carboxylic acids is 1. The van der Waals surface area contributed by atoms with E-state index in [0.717, 1.165) is 35.6 Å². The highest BCUT2D eigenvalue weighted by Crippen LogP contribution is 2.26. The summed E-state index contributed by atoms with van der Waals surface area (Å²) in [6, 6.07) is 7.45. The lowest BCUT2D eigenvalue weighted by Gasteiger charge is -2.40. The second-order valence-corrected chi connectivity index (χ2v) is 10.6. The number of aliphatic hydroxyl groups excluding tert-OH is 1. The molecule has 0 bridgehead atoms. The van der Waals surface area contributed by atoms with Crippen molar-refractivity contribution in [3.8, 4) is 0 Å². The zero-order valence-electron chi connectivity index (χ0n) is 23.7. The molecule has 5 rings (SSSR count). The van der Waals surface area contributed by atoms with Gasteiger partial charge in [0.15, 0.2) is 0 Å². The molecule has 4 atom stereocenters. The quantitative estimate of drug-likeness (QED) is 0.428. The smallest absolute Gasteiger partial charge is 0.251 e. The molecule has 7 heteroatoms. The van der Waals surface area contributed by atoms with Crippen LogP contribution in [0, 0.1) is 11.8 Å². The number of aliphatic hydroxyl groups is 1. The minimum absolute atomic E-state index is 0.0110. The molecule has 1 amide bonds. The summed E-state index contributed by atoms with van der Waals surface area (Å²) >= 11 is 0. The summed E-state index contributed by atoms with van der Waals surface area (Å²) in [6.07, 6.45) is 16.5. The summed E-state index contributed by atoms with van der Waals surface area (Å²) < 4.78 is 0. The number of hydrogen-bond donors (Lipinski definition) is 4. The van der Waals surface area contributed by atoms with Crippen molar-refractivity contribution in [1.29, 1.82) is 0 Å². The van der Waals surface area contributed by atoms with E-state index < -0.39 is 0 Å². The molecule has 1 aromatic carbocycles. The number of hydrogen-bond acceptors (Lipinski definition) is 6. The van der Waals surface area contributed by atoms with E-state index in [4.69, 9.17) is 5.11 Å². The van der Waals surface area contributed by atoms with Gasteiger partial charge in [-0.1, -0.05) is 58.1 Å². The third kappa shape index (κ3) is 7.30. The Labute approximate surface area is 233 Å². The van der Waals surface area contributed by atoms with Gasteiger partial charge in [-0.3, -0.25) is 9.79 Å². The van der Waals surface area contributed by atoms with Gasteiger partial charge in [0.2, 0.25) is 0 Å². The number of piperidine rings is 1. The standard InChI is InChI=1S/C30H37N5O2.C2H6/c1-20-13-21(2)19-35(18-20)29-8-4-7-26(34-29)27-10-9-24-16-31-25(15-28(24)33-27)17-32-30(37)23-6-3-5-22(14-23)11-12-36;1-2/h3-10,14-16,20-21,26,28,33-34,36H,11-13,17-19H2,1-2H3,(H,32,37);1-2H3. The van der Waals surface area contributed by atoms with Gasteiger partial charge in [0, 0.05) is 37.2 Å². The summed E-state index contributed by atoms with van der Waals surface area (Å²) in [7, 11) is 0. The molecule has 7 nitrogen and oxygen atoms in total. The van der Waals surface area contributed by atoms with Gasteiger partial charge in [-0.25, -0.2) is 0 Å². The van der Waals surface area contributed by atoms with E-state index >= 15 is 0 Å². The van der Waals surface area contributed by atoms with Gasteiger partial charge in [0.1, 0.15) is 5.82 Å². The van der Waals surface area contributed by atoms with Gasteiger partial charge in [-0.05, 0) is 66.2 Å². The Balaban J connectivity index is 0.00000172. The van der Waals surface area contributed by atoms with Crippen LogP contribution in [0.4, 0.5) is 0 Å². The second kappa shape index (κ2) is 13.5. The van der Waals surface area contributed by atoms with Crippen LogP contribution in [0.2, 0.25) is 0 Å². The monoisotopic (exact) mass is 529 g/mol. The van der Waals surface area contributed by atoms with E-state index in [9.17, 15) is 4.79 Å². The molecule has 0 spiro atoms. The molecule has 4 aliphatic heterocycles. The molecule has 0 radical (unpaired) electrons. The minimum Gasteiger partial charge on any atom is -0.396 e. The van der Waals surface area contributed by atoms with Crippen molar-refractivity contribution in [3.05, 3.63) is 94.6 Å². The molecular formula is C32H43N5O2. The van der Waals surface area contributed by atoms with E-state index in [1.165, 1.54) is 12.2 Å². The molecular weight excluding hydrogens is 486 g/mol. The summed E-state index contributed by atoms with van der Waals surface area (Å²) in [4.78, 5) is 19.7. The minimum atomic E-state index is -0.147. The van der Waals surface area contributed by atoms with Crippen molar-refractivity contribution < 1.29 is 9.90 Å². The van der Waals surface area contributed by atoms with Crippen molar-refractivity contribution in [1.82, 2.24) is 20.9 Å². The molecule has 4 unspecified atom stereocenters. The van der Waals surface area contributed by atoms with Crippen LogP contribution >= 0.6 is 0 Å². The lowest BCUT2D eigenvalue weighted by atomic mass is 9.91. The number of rotatable bonds is 7. The van der Waals surface area contributed by atoms with E-state index in [2.05, 4.69) is 76.1 Å². The predicted molar refractivity (Wildman–Crippen MR) is 159 cm³/mol. The molecule has 1 fully saturated rings. The Morgan fingerprint density at radius 3 is 2.67 bits per heavy atom. The zero-order valence-corrected chi connectivity index (χ0v) is 23.7. The number of nitrogens with zero attached hydrogens (tertiary/aromatic N) is 2. The summed E-state index contributed by atoms with van der Waals surface area (Å²) in [5.41, 5.74) is 4.57. The van der Waals surface area contributed by atoms with Crippen LogP contribution in [0.1, 0.15) is 50.0 Å². The number of fused-ring (bicyclic) bond motifs is 1. The highest BCUT2D eigenvalue weighted by Gasteiger charge is 2.28. The maximum Gasteiger partial charge on any atom is 0.251 e. The van der Waals surface area contributed by atoms with Gasteiger partial charge >= 0.3 is 0 Å². The van der Waals surface area contributed by atoms with Gasteiger partial charge in [0.05, 0.1) is 24.3 Å². The summed E-state index contributed by atoms with van der Waals surface area (Å²) in [5, 5.41) is 19.5. The number of nitrogens with one attached hydrogen (secondary N) is 3. The first-order chi connectivity index (χ1) is 19.0. The predicted octanol–water partition coefficient (Wildman–Crippen LogP) is 4.08. The van der Waals surface area contributed by atoms with Crippen LogP contribution < -0.4 is 16.0 Å². The van der Waals surface area contributed by atoms with Gasteiger partial charge in [-0.15, -0.1) is 0 Å². The number of likely N-dealkylation sites (tertiary alicyclic amines) is 1. The average molecular weight is 530 g/mol. The van der Waals surface area contributed by atoms with Gasteiger partial charge in [-0.2, -0.15) is 0 Å². The Morgan fingerprint density at radius 2 is 1.90 bits per heavy atom. The number of amides is 1. The van der Waals surface area contributed by atoms with Crippen LogP contribution in [0.25, 0.3) is 0 Å². The molecule has 4 heterocycles. The lowest BCUT2D eigenvalue weighted by molar-refractivity contribution is 0.0956. The number of carbonyl (C=O) groups is 1. The third-order valence-electron chi connectivity index (χ3n) is 7.30. The fourth-order valence-corrected chi connectivity index (χ4v) is 5.57. The molecule has 39 heavy (non-hydrogen) atoms. The maximum absolute atomic E-state index is 12.7. The van der Waals surface area contributed by atoms with Crippen LogP contribution in [-0.4, -0.2) is 60.5 Å². The molecule has 0 aliphatic carbocycles. The van der Waals surface area contributed by atoms with E-state index in [0.29, 0.717) is 30.4 Å². The fourth-order valence-electron chi connectivity index (χ4n) is 5.57. The first-order valence-corrected chi connectivity index (χ1v) is 14.3. The number of allylic oxidation sites excluding steroid dienone is 4. The summed E-state index contributed by atoms with van der Waals surface area (Å²) in [6.45, 7) is 11.3. The van der Waals surface area contributed by atoms with Crippen LogP contribution in [0.5, 0.6) is 0 Å². The first kappa shape index (κ1) is 28.4. The fraction of sp³-hybridized carbons (Fsp3) is 0.438. The van der Waals surface area contributed by atoms with Crippen LogP contribution in [-0.2, 0) is 6.42 Å². The molecule has 0 saturated carbocycles. The number of dihydropyridines is 2. The highest BCUT2D eigenvalue weighted by atomic mass is 16.3. The largest absolute Gasteiger partial charge is 0.396 e.